The number of aromatic nitrogens is 1. The van der Waals surface area contributed by atoms with E-state index in [0.29, 0.717) is 58.2 Å². The van der Waals surface area contributed by atoms with Crippen LogP contribution in [-0.2, 0) is 11.3 Å². The topological polar surface area (TPSA) is 131 Å². The van der Waals surface area contributed by atoms with Gasteiger partial charge in [0.15, 0.2) is 6.61 Å². The zero-order chi connectivity index (χ0) is 34.8. The van der Waals surface area contributed by atoms with Crippen LogP contribution in [0.2, 0.25) is 0 Å². The zero-order valence-electron chi connectivity index (χ0n) is 27.5. The maximum Gasteiger partial charge on any atom is 0.270 e. The van der Waals surface area contributed by atoms with Crippen molar-refractivity contribution < 1.29 is 37.7 Å². The summed E-state index contributed by atoms with van der Waals surface area (Å²) in [4.78, 5) is 45.3. The second-order valence-corrected chi connectivity index (χ2v) is 12.2. The second kappa shape index (κ2) is 13.8. The molecule has 50 heavy (non-hydrogen) atoms. The number of fused-ring (bicyclic) bond motifs is 9. The number of rotatable bonds is 3. The minimum absolute atomic E-state index is 0.0434. The summed E-state index contributed by atoms with van der Waals surface area (Å²) in [5.41, 5.74) is 3.33. The Morgan fingerprint density at radius 2 is 1.74 bits per heavy atom. The van der Waals surface area contributed by atoms with Gasteiger partial charge in [0.05, 0.1) is 20.3 Å². The largest absolute Gasteiger partial charge is 0.496 e. The first kappa shape index (κ1) is 32.5. The monoisotopic (exact) mass is 678 g/mol. The highest BCUT2D eigenvalue weighted by molar-refractivity contribution is 6.00. The van der Waals surface area contributed by atoms with Gasteiger partial charge in [-0.25, -0.2) is 4.39 Å². The Hall–Kier alpha value is -6.04. The average Bonchev–Trinajstić information content (AvgIpc) is 3.58. The quantitative estimate of drug-likeness (QED) is 0.242. The molecular formula is C38H35FN4O7. The third-order valence-corrected chi connectivity index (χ3v) is 8.91. The lowest BCUT2D eigenvalue weighted by Crippen LogP contribution is -2.58. The normalized spacial score (nSPS) is 17.9. The number of ether oxygens (including phenoxy) is 4. The van der Waals surface area contributed by atoms with E-state index in [9.17, 15) is 18.8 Å². The van der Waals surface area contributed by atoms with Gasteiger partial charge in [0, 0.05) is 54.2 Å². The SMILES string of the molecule is COc1ccc2cc1-c1cccc(c1)OCC(=O)NCc1cc(F)cc(c1)O[C@@H]1CCN(C(=O)c3cc4c(OC)cccc4[nH]3)C[C@H]1NC2=O. The summed E-state index contributed by atoms with van der Waals surface area (Å²) in [7, 11) is 3.12. The molecule has 1 fully saturated rings. The summed E-state index contributed by atoms with van der Waals surface area (Å²) in [6.07, 6.45) is -0.263. The minimum atomic E-state index is -0.671. The molecule has 4 aromatic carbocycles. The van der Waals surface area contributed by atoms with Crippen LogP contribution in [-0.4, -0.2) is 73.7 Å². The third kappa shape index (κ3) is 6.77. The lowest BCUT2D eigenvalue weighted by molar-refractivity contribution is -0.123. The Morgan fingerprint density at radius 1 is 0.900 bits per heavy atom. The number of methoxy groups -OCH3 is 2. The fourth-order valence-corrected chi connectivity index (χ4v) is 6.43. The van der Waals surface area contributed by atoms with Crippen molar-refractivity contribution in [2.24, 2.45) is 0 Å². The number of benzene rings is 4. The molecule has 256 valence electrons. The highest BCUT2D eigenvalue weighted by Gasteiger charge is 2.35. The van der Waals surface area contributed by atoms with Crippen molar-refractivity contribution in [2.45, 2.75) is 25.1 Å². The molecule has 3 heterocycles. The Bertz CT molecular complexity index is 2100. The number of carbonyl (C=O) groups is 3. The third-order valence-electron chi connectivity index (χ3n) is 8.91. The summed E-state index contributed by atoms with van der Waals surface area (Å²) >= 11 is 0. The van der Waals surface area contributed by atoms with Crippen LogP contribution in [0, 0.1) is 5.82 Å². The van der Waals surface area contributed by atoms with Gasteiger partial charge in [0.1, 0.15) is 40.6 Å². The number of hydrogen-bond acceptors (Lipinski definition) is 7. The van der Waals surface area contributed by atoms with E-state index in [1.54, 1.807) is 67.7 Å². The Kier molecular flexibility index (Phi) is 8.99. The molecule has 1 aromatic heterocycles. The van der Waals surface area contributed by atoms with Gasteiger partial charge in [-0.2, -0.15) is 0 Å². The summed E-state index contributed by atoms with van der Waals surface area (Å²) in [5.74, 6) is 0.285. The molecule has 12 heteroatoms. The summed E-state index contributed by atoms with van der Waals surface area (Å²) < 4.78 is 38.0. The molecule has 3 N–H and O–H groups in total. The molecule has 0 saturated carbocycles. The van der Waals surface area contributed by atoms with Crippen LogP contribution in [0.3, 0.4) is 0 Å². The van der Waals surface area contributed by atoms with Crippen molar-refractivity contribution >= 4 is 28.6 Å². The van der Waals surface area contributed by atoms with Crippen LogP contribution in [0.15, 0.2) is 84.9 Å². The van der Waals surface area contributed by atoms with Crippen molar-refractivity contribution in [1.82, 2.24) is 20.5 Å². The number of H-pyrrole nitrogens is 1. The number of halogens is 1. The molecule has 0 radical (unpaired) electrons. The van der Waals surface area contributed by atoms with E-state index >= 15 is 0 Å². The van der Waals surface area contributed by atoms with Crippen molar-refractivity contribution in [2.75, 3.05) is 33.9 Å². The molecule has 7 rings (SSSR count). The van der Waals surface area contributed by atoms with Crippen LogP contribution >= 0.6 is 0 Å². The Balaban J connectivity index is 1.23. The maximum absolute atomic E-state index is 14.8. The molecule has 3 amide bonds. The fraction of sp³-hybridized carbons (Fsp3) is 0.237. The summed E-state index contributed by atoms with van der Waals surface area (Å²) in [6, 6.07) is 23.0. The molecule has 0 spiro atoms. The van der Waals surface area contributed by atoms with Gasteiger partial charge in [-0.15, -0.1) is 0 Å². The van der Waals surface area contributed by atoms with E-state index in [2.05, 4.69) is 15.6 Å². The molecule has 11 nitrogen and oxygen atoms in total. The fourth-order valence-electron chi connectivity index (χ4n) is 6.43. The maximum atomic E-state index is 14.8. The predicted molar refractivity (Wildman–Crippen MR) is 183 cm³/mol. The van der Waals surface area contributed by atoms with Crippen LogP contribution in [0.25, 0.3) is 22.0 Å². The van der Waals surface area contributed by atoms with Gasteiger partial charge in [-0.1, -0.05) is 18.2 Å². The van der Waals surface area contributed by atoms with E-state index < -0.39 is 23.9 Å². The molecule has 5 aromatic rings. The molecule has 6 bridgehead atoms. The number of piperidine rings is 1. The van der Waals surface area contributed by atoms with E-state index in [0.717, 1.165) is 10.9 Å². The van der Waals surface area contributed by atoms with E-state index in [1.165, 1.54) is 12.1 Å². The molecular weight excluding hydrogens is 643 g/mol. The van der Waals surface area contributed by atoms with E-state index in [-0.39, 0.29) is 37.3 Å². The predicted octanol–water partition coefficient (Wildman–Crippen LogP) is 5.09. The van der Waals surface area contributed by atoms with Gasteiger partial charge >= 0.3 is 0 Å². The number of hydrogen-bond donors (Lipinski definition) is 3. The standard InChI is InChI=1S/C38H35FN4O7/c1-47-33-8-4-7-30-29(33)18-31(41-30)38(46)43-12-11-35-32(20-43)42-37(45)24-9-10-34(48-2)28(16-24)23-5-3-6-26(15-23)49-21-36(44)40-19-22-13-25(39)17-27(14-22)50-35/h3-10,13-18,32,35,41H,11-12,19-21H2,1-2H3,(H,40,44)(H,42,45)/t32-,35-/m1/s1. The Labute approximate surface area is 287 Å². The smallest absolute Gasteiger partial charge is 0.270 e. The Morgan fingerprint density at radius 3 is 2.58 bits per heavy atom. The van der Waals surface area contributed by atoms with Crippen molar-refractivity contribution in [3.63, 3.8) is 0 Å². The molecule has 2 atom stereocenters. The summed E-state index contributed by atoms with van der Waals surface area (Å²) in [5, 5.41) is 6.63. The van der Waals surface area contributed by atoms with Crippen molar-refractivity contribution in [1.29, 1.82) is 0 Å². The van der Waals surface area contributed by atoms with Gasteiger partial charge in [0.2, 0.25) is 0 Å². The first-order valence-corrected chi connectivity index (χ1v) is 16.2. The van der Waals surface area contributed by atoms with Gasteiger partial charge in [0.25, 0.3) is 17.7 Å². The van der Waals surface area contributed by atoms with Gasteiger partial charge < -0.3 is 39.5 Å². The number of nitrogens with zero attached hydrogens (tertiary/aromatic N) is 1. The number of carbonyl (C=O) groups excluding carboxylic acids is 3. The van der Waals surface area contributed by atoms with Crippen LogP contribution in [0.4, 0.5) is 4.39 Å². The molecule has 0 aliphatic carbocycles. The lowest BCUT2D eigenvalue weighted by Gasteiger charge is -2.38. The lowest BCUT2D eigenvalue weighted by atomic mass is 9.99. The highest BCUT2D eigenvalue weighted by atomic mass is 19.1. The first-order chi connectivity index (χ1) is 24.3. The van der Waals surface area contributed by atoms with Crippen LogP contribution in [0.5, 0.6) is 23.0 Å². The van der Waals surface area contributed by atoms with Crippen LogP contribution in [0.1, 0.15) is 32.8 Å². The summed E-state index contributed by atoms with van der Waals surface area (Å²) in [6.45, 7) is 0.237. The molecule has 2 aliphatic heterocycles. The second-order valence-electron chi connectivity index (χ2n) is 12.2. The first-order valence-electron chi connectivity index (χ1n) is 16.2. The average molecular weight is 679 g/mol. The molecule has 2 aliphatic rings. The van der Waals surface area contributed by atoms with E-state index in [4.69, 9.17) is 18.9 Å². The number of nitrogens with one attached hydrogen (secondary N) is 3. The molecule has 1 saturated heterocycles. The number of amides is 3. The number of aromatic amines is 1. The van der Waals surface area contributed by atoms with Gasteiger partial charge in [-0.05, 0) is 71.8 Å². The van der Waals surface area contributed by atoms with Crippen LogP contribution < -0.4 is 29.6 Å². The van der Waals surface area contributed by atoms with Crippen molar-refractivity contribution in [3.8, 4) is 34.1 Å². The minimum Gasteiger partial charge on any atom is -0.496 e. The van der Waals surface area contributed by atoms with Crippen molar-refractivity contribution in [3.05, 3.63) is 108 Å². The highest BCUT2D eigenvalue weighted by Crippen LogP contribution is 2.34. The molecule has 0 unspecified atom stereocenters. The number of likely N-dealkylation sites (tertiary alicyclic amines) is 1. The van der Waals surface area contributed by atoms with Gasteiger partial charge in [-0.3, -0.25) is 14.4 Å². The van der Waals surface area contributed by atoms with E-state index in [1.807, 2.05) is 24.3 Å². The zero-order valence-corrected chi connectivity index (χ0v) is 27.5.